The first-order chi connectivity index (χ1) is 13.8. The van der Waals surface area contributed by atoms with Crippen molar-refractivity contribution >= 4 is 38.9 Å². The molecule has 0 saturated carbocycles. The van der Waals surface area contributed by atoms with Crippen molar-refractivity contribution in [3.8, 4) is 5.75 Å². The van der Waals surface area contributed by atoms with Crippen molar-refractivity contribution in [3.05, 3.63) is 83.4 Å². The van der Waals surface area contributed by atoms with E-state index in [1.54, 1.807) is 61.5 Å². The smallest absolute Gasteiger partial charge is 0.262 e. The Balaban J connectivity index is 1.65. The molecule has 0 spiro atoms. The zero-order valence-corrected chi connectivity index (χ0v) is 17.1. The average Bonchev–Trinajstić information content (AvgIpc) is 2.69. The molecule has 1 amide bonds. The van der Waals surface area contributed by atoms with E-state index in [-0.39, 0.29) is 17.4 Å². The Bertz CT molecular complexity index is 1120. The number of rotatable bonds is 7. The van der Waals surface area contributed by atoms with Crippen LogP contribution in [0.1, 0.15) is 5.56 Å². The van der Waals surface area contributed by atoms with Gasteiger partial charge in [0.1, 0.15) is 5.75 Å². The largest absolute Gasteiger partial charge is 0.483 e. The monoisotopic (exact) mass is 430 g/mol. The summed E-state index contributed by atoms with van der Waals surface area (Å²) in [5.74, 6) is 0.0397. The second kappa shape index (κ2) is 8.98. The highest BCUT2D eigenvalue weighted by atomic mass is 35.5. The van der Waals surface area contributed by atoms with Crippen LogP contribution in [0.25, 0.3) is 0 Å². The van der Waals surface area contributed by atoms with Crippen LogP contribution in [-0.4, -0.2) is 20.9 Å². The number of aryl methyl sites for hydroxylation is 1. The predicted octanol–water partition coefficient (Wildman–Crippen LogP) is 4.47. The molecular formula is C21H19ClN2O4S. The number of benzene rings is 3. The molecule has 3 rings (SSSR count). The molecule has 3 aromatic rings. The topological polar surface area (TPSA) is 84.5 Å². The number of halogens is 1. The normalized spacial score (nSPS) is 11.0. The molecule has 3 aromatic carbocycles. The van der Waals surface area contributed by atoms with Crippen molar-refractivity contribution in [1.82, 2.24) is 0 Å². The lowest BCUT2D eigenvalue weighted by atomic mass is 10.2. The summed E-state index contributed by atoms with van der Waals surface area (Å²) >= 11 is 6.01. The number of nitrogens with one attached hydrogen (secondary N) is 2. The van der Waals surface area contributed by atoms with Crippen LogP contribution in [0.5, 0.6) is 5.75 Å². The van der Waals surface area contributed by atoms with Crippen LogP contribution in [0.4, 0.5) is 11.4 Å². The lowest BCUT2D eigenvalue weighted by molar-refractivity contribution is -0.118. The summed E-state index contributed by atoms with van der Waals surface area (Å²) in [7, 11) is -3.73. The predicted molar refractivity (Wildman–Crippen MR) is 114 cm³/mol. The molecule has 0 aromatic heterocycles. The fourth-order valence-corrected chi connectivity index (χ4v) is 3.89. The maximum atomic E-state index is 12.5. The minimum atomic E-state index is -3.73. The Morgan fingerprint density at radius 3 is 2.38 bits per heavy atom. The molecule has 6 nitrogen and oxygen atoms in total. The molecule has 0 unspecified atom stereocenters. The molecule has 0 bridgehead atoms. The first-order valence-corrected chi connectivity index (χ1v) is 10.6. The van der Waals surface area contributed by atoms with E-state index in [0.717, 1.165) is 0 Å². The second-order valence-electron chi connectivity index (χ2n) is 6.22. The van der Waals surface area contributed by atoms with E-state index in [2.05, 4.69) is 10.0 Å². The maximum Gasteiger partial charge on any atom is 0.262 e. The highest BCUT2D eigenvalue weighted by Crippen LogP contribution is 2.24. The third-order valence-electron chi connectivity index (χ3n) is 3.99. The van der Waals surface area contributed by atoms with Crippen LogP contribution in [0.3, 0.4) is 0 Å². The SMILES string of the molecule is Cc1cc(S(=O)(=O)Nc2ccccc2)ccc1OCC(=O)Nc1ccccc1Cl. The van der Waals surface area contributed by atoms with Gasteiger partial charge < -0.3 is 10.1 Å². The number of hydrogen-bond donors (Lipinski definition) is 2. The average molecular weight is 431 g/mol. The Labute approximate surface area is 174 Å². The van der Waals surface area contributed by atoms with Crippen LogP contribution < -0.4 is 14.8 Å². The number of para-hydroxylation sites is 2. The first-order valence-electron chi connectivity index (χ1n) is 8.71. The molecule has 150 valence electrons. The van der Waals surface area contributed by atoms with Gasteiger partial charge in [-0.2, -0.15) is 0 Å². The third kappa shape index (κ3) is 5.49. The minimum absolute atomic E-state index is 0.103. The van der Waals surface area contributed by atoms with E-state index in [4.69, 9.17) is 16.3 Å². The van der Waals surface area contributed by atoms with Gasteiger partial charge in [0.25, 0.3) is 15.9 Å². The Morgan fingerprint density at radius 1 is 1.00 bits per heavy atom. The maximum absolute atomic E-state index is 12.5. The summed E-state index contributed by atoms with van der Waals surface area (Å²) in [5, 5.41) is 3.09. The number of amides is 1. The standard InChI is InChI=1S/C21H19ClN2O4S/c1-15-13-17(29(26,27)24-16-7-3-2-4-8-16)11-12-20(15)28-14-21(25)23-19-10-6-5-9-18(19)22/h2-13,24H,14H2,1H3,(H,23,25). The molecule has 0 aliphatic rings. The van der Waals surface area contributed by atoms with Crippen molar-refractivity contribution in [2.45, 2.75) is 11.8 Å². The molecule has 0 atom stereocenters. The molecule has 0 fully saturated rings. The van der Waals surface area contributed by atoms with Crippen molar-refractivity contribution in [1.29, 1.82) is 0 Å². The number of carbonyl (C=O) groups is 1. The van der Waals surface area contributed by atoms with Crippen molar-refractivity contribution in [3.63, 3.8) is 0 Å². The minimum Gasteiger partial charge on any atom is -0.483 e. The van der Waals surface area contributed by atoms with E-state index in [1.807, 2.05) is 0 Å². The van der Waals surface area contributed by atoms with Gasteiger partial charge in [0.15, 0.2) is 6.61 Å². The Kier molecular flexibility index (Phi) is 6.41. The summed E-state index contributed by atoms with van der Waals surface area (Å²) in [6, 6.07) is 19.9. The van der Waals surface area contributed by atoms with Gasteiger partial charge in [0.05, 0.1) is 15.6 Å². The van der Waals surface area contributed by atoms with Crippen molar-refractivity contribution in [2.75, 3.05) is 16.6 Å². The number of ether oxygens (including phenoxy) is 1. The fourth-order valence-electron chi connectivity index (χ4n) is 2.56. The van der Waals surface area contributed by atoms with Gasteiger partial charge in [0.2, 0.25) is 0 Å². The summed E-state index contributed by atoms with van der Waals surface area (Å²) in [4.78, 5) is 12.2. The quantitative estimate of drug-likeness (QED) is 0.579. The molecule has 0 aliphatic carbocycles. The molecule has 0 radical (unpaired) electrons. The van der Waals surface area contributed by atoms with Crippen molar-refractivity contribution < 1.29 is 17.9 Å². The van der Waals surface area contributed by atoms with Crippen LogP contribution in [-0.2, 0) is 14.8 Å². The molecular weight excluding hydrogens is 412 g/mol. The van der Waals surface area contributed by atoms with Gasteiger partial charge in [-0.15, -0.1) is 0 Å². The molecule has 8 heteroatoms. The summed E-state index contributed by atoms with van der Waals surface area (Å²) in [5.41, 5.74) is 1.56. The van der Waals surface area contributed by atoms with Crippen LogP contribution in [0.2, 0.25) is 5.02 Å². The number of hydrogen-bond acceptors (Lipinski definition) is 4. The highest BCUT2D eigenvalue weighted by molar-refractivity contribution is 7.92. The van der Waals surface area contributed by atoms with Crippen LogP contribution in [0, 0.1) is 6.92 Å². The first kappa shape index (κ1) is 20.7. The van der Waals surface area contributed by atoms with E-state index in [9.17, 15) is 13.2 Å². The second-order valence-corrected chi connectivity index (χ2v) is 8.31. The lowest BCUT2D eigenvalue weighted by Gasteiger charge is -2.12. The molecule has 0 saturated heterocycles. The molecule has 2 N–H and O–H groups in total. The Morgan fingerprint density at radius 2 is 1.69 bits per heavy atom. The van der Waals surface area contributed by atoms with Gasteiger partial charge in [-0.1, -0.05) is 41.9 Å². The van der Waals surface area contributed by atoms with E-state index in [0.29, 0.717) is 27.7 Å². The fraction of sp³-hybridized carbons (Fsp3) is 0.0952. The summed E-state index contributed by atoms with van der Waals surface area (Å²) in [6.07, 6.45) is 0. The van der Waals surface area contributed by atoms with Gasteiger partial charge in [-0.05, 0) is 55.0 Å². The van der Waals surface area contributed by atoms with E-state index < -0.39 is 10.0 Å². The zero-order valence-electron chi connectivity index (χ0n) is 15.6. The van der Waals surface area contributed by atoms with E-state index in [1.165, 1.54) is 18.2 Å². The van der Waals surface area contributed by atoms with Gasteiger partial charge in [0, 0.05) is 5.69 Å². The van der Waals surface area contributed by atoms with Gasteiger partial charge >= 0.3 is 0 Å². The summed E-state index contributed by atoms with van der Waals surface area (Å²) in [6.45, 7) is 1.48. The molecule has 29 heavy (non-hydrogen) atoms. The number of anilines is 2. The molecule has 0 heterocycles. The number of sulfonamides is 1. The summed E-state index contributed by atoms with van der Waals surface area (Å²) < 4.78 is 33.1. The lowest BCUT2D eigenvalue weighted by Crippen LogP contribution is -2.20. The zero-order chi connectivity index (χ0) is 20.9. The van der Waals surface area contributed by atoms with Crippen molar-refractivity contribution in [2.24, 2.45) is 0 Å². The van der Waals surface area contributed by atoms with Crippen LogP contribution in [0.15, 0.2) is 77.7 Å². The highest BCUT2D eigenvalue weighted by Gasteiger charge is 2.16. The van der Waals surface area contributed by atoms with Gasteiger partial charge in [-0.25, -0.2) is 8.42 Å². The molecule has 0 aliphatic heterocycles. The van der Waals surface area contributed by atoms with Gasteiger partial charge in [-0.3, -0.25) is 9.52 Å². The van der Waals surface area contributed by atoms with Crippen LogP contribution >= 0.6 is 11.6 Å². The van der Waals surface area contributed by atoms with E-state index >= 15 is 0 Å². The Hall–Kier alpha value is -3.03. The number of carbonyl (C=O) groups excluding carboxylic acids is 1. The third-order valence-corrected chi connectivity index (χ3v) is 5.70.